The summed E-state index contributed by atoms with van der Waals surface area (Å²) in [4.78, 5) is 29.3. The molecule has 1 fully saturated rings. The first kappa shape index (κ1) is 18.8. The number of anilines is 1. The first-order valence-electron chi connectivity index (χ1n) is 9.12. The van der Waals surface area contributed by atoms with Crippen molar-refractivity contribution in [1.29, 1.82) is 0 Å². The molecule has 0 aliphatic carbocycles. The molecule has 1 saturated heterocycles. The number of fused-ring (bicyclic) bond motifs is 1. The van der Waals surface area contributed by atoms with E-state index in [1.165, 1.54) is 22.7 Å². The van der Waals surface area contributed by atoms with Gasteiger partial charge in [-0.3, -0.25) is 14.5 Å². The fourth-order valence-corrected chi connectivity index (χ4v) is 5.50. The van der Waals surface area contributed by atoms with Crippen LogP contribution in [0.5, 0.6) is 0 Å². The van der Waals surface area contributed by atoms with E-state index in [-0.39, 0.29) is 24.3 Å². The average molecular weight is 407 g/mol. The first-order valence-corrected chi connectivity index (χ1v) is 10.8. The standard InChI is InChI=1S/C19H22N2O4S2/c22-12-3-1-6-21(9-12)10-16(23)20-19-17(18(24)14-4-2-8-26-14)13-5-7-25-11-15(13)27-19/h2,4,8,12,22H,1,3,5-7,9-11H2,(H,20,23). The Balaban J connectivity index is 1.55. The van der Waals surface area contributed by atoms with Crippen LogP contribution in [-0.2, 0) is 22.6 Å². The summed E-state index contributed by atoms with van der Waals surface area (Å²) in [5.41, 5.74) is 1.63. The lowest BCUT2D eigenvalue weighted by Crippen LogP contribution is -2.42. The first-order chi connectivity index (χ1) is 13.1. The number of thiophene rings is 2. The Labute approximate surface area is 165 Å². The largest absolute Gasteiger partial charge is 0.392 e. The molecule has 2 N–H and O–H groups in total. The summed E-state index contributed by atoms with van der Waals surface area (Å²) in [7, 11) is 0. The van der Waals surface area contributed by atoms with Gasteiger partial charge in [0.15, 0.2) is 0 Å². The maximum atomic E-state index is 13.1. The lowest BCUT2D eigenvalue weighted by molar-refractivity contribution is -0.117. The number of likely N-dealkylation sites (tertiary alicyclic amines) is 1. The summed E-state index contributed by atoms with van der Waals surface area (Å²) in [6.07, 6.45) is 2.00. The molecule has 2 aliphatic rings. The predicted octanol–water partition coefficient (Wildman–Crippen LogP) is 2.51. The van der Waals surface area contributed by atoms with Crippen LogP contribution in [0.1, 0.15) is 38.5 Å². The Morgan fingerprint density at radius 1 is 1.41 bits per heavy atom. The van der Waals surface area contributed by atoms with E-state index in [1.54, 1.807) is 0 Å². The molecule has 1 amide bonds. The van der Waals surface area contributed by atoms with Gasteiger partial charge >= 0.3 is 0 Å². The minimum absolute atomic E-state index is 0.0342. The number of amides is 1. The molecule has 1 unspecified atom stereocenters. The number of carbonyl (C=O) groups is 2. The Morgan fingerprint density at radius 3 is 3.07 bits per heavy atom. The van der Waals surface area contributed by atoms with Gasteiger partial charge in [0.1, 0.15) is 5.00 Å². The Kier molecular flexibility index (Phi) is 5.70. The van der Waals surface area contributed by atoms with Crippen molar-refractivity contribution >= 4 is 39.4 Å². The van der Waals surface area contributed by atoms with Crippen LogP contribution >= 0.6 is 22.7 Å². The van der Waals surface area contributed by atoms with Crippen LogP contribution in [0.3, 0.4) is 0 Å². The Hall–Kier alpha value is -1.58. The van der Waals surface area contributed by atoms with Crippen LogP contribution < -0.4 is 5.32 Å². The number of rotatable bonds is 5. The van der Waals surface area contributed by atoms with Crippen LogP contribution in [0, 0.1) is 0 Å². The molecule has 0 spiro atoms. The minimum Gasteiger partial charge on any atom is -0.392 e. The summed E-state index contributed by atoms with van der Waals surface area (Å²) in [5, 5.41) is 15.2. The number of hydrogen-bond acceptors (Lipinski definition) is 7. The lowest BCUT2D eigenvalue weighted by Gasteiger charge is -2.29. The van der Waals surface area contributed by atoms with Gasteiger partial charge in [-0.25, -0.2) is 0 Å². The van der Waals surface area contributed by atoms with E-state index in [9.17, 15) is 14.7 Å². The number of hydrogen-bond donors (Lipinski definition) is 2. The van der Waals surface area contributed by atoms with Gasteiger partial charge in [0.05, 0.1) is 36.3 Å². The number of aliphatic hydroxyl groups is 1. The quantitative estimate of drug-likeness (QED) is 0.746. The van der Waals surface area contributed by atoms with Crippen LogP contribution in [0.15, 0.2) is 17.5 Å². The number of nitrogens with zero attached hydrogens (tertiary/aromatic N) is 1. The number of ether oxygens (including phenoxy) is 1. The van der Waals surface area contributed by atoms with Crippen LogP contribution in [0.25, 0.3) is 0 Å². The molecule has 1 atom stereocenters. The SMILES string of the molecule is O=C(CN1CCCC(O)C1)Nc1sc2c(c1C(=O)c1cccs1)CCOC2. The summed E-state index contributed by atoms with van der Waals surface area (Å²) in [6, 6.07) is 3.68. The van der Waals surface area contributed by atoms with Crippen molar-refractivity contribution in [2.24, 2.45) is 0 Å². The van der Waals surface area contributed by atoms with Gasteiger partial charge in [0.2, 0.25) is 11.7 Å². The average Bonchev–Trinajstić information content (AvgIpc) is 3.29. The second-order valence-corrected chi connectivity index (χ2v) is 8.95. The summed E-state index contributed by atoms with van der Waals surface area (Å²) >= 11 is 2.85. The van der Waals surface area contributed by atoms with Crippen LogP contribution in [0.2, 0.25) is 0 Å². The van der Waals surface area contributed by atoms with Crippen molar-refractivity contribution in [3.63, 3.8) is 0 Å². The van der Waals surface area contributed by atoms with Gasteiger partial charge in [0.25, 0.3) is 0 Å². The normalized spacial score (nSPS) is 20.3. The predicted molar refractivity (Wildman–Crippen MR) is 106 cm³/mol. The second-order valence-electron chi connectivity index (χ2n) is 6.90. The van der Waals surface area contributed by atoms with Gasteiger partial charge in [-0.05, 0) is 42.8 Å². The molecule has 0 saturated carbocycles. The minimum atomic E-state index is -0.367. The number of piperidine rings is 1. The Bertz CT molecular complexity index is 831. The van der Waals surface area contributed by atoms with Crippen molar-refractivity contribution in [2.45, 2.75) is 32.0 Å². The molecule has 8 heteroatoms. The fraction of sp³-hybridized carbons (Fsp3) is 0.474. The highest BCUT2D eigenvalue weighted by Gasteiger charge is 2.28. The molecule has 4 heterocycles. The van der Waals surface area contributed by atoms with Gasteiger partial charge in [-0.2, -0.15) is 0 Å². The molecule has 27 heavy (non-hydrogen) atoms. The zero-order valence-corrected chi connectivity index (χ0v) is 16.5. The van der Waals surface area contributed by atoms with Crippen molar-refractivity contribution < 1.29 is 19.4 Å². The number of aliphatic hydroxyl groups excluding tert-OH is 1. The molecule has 6 nitrogen and oxygen atoms in total. The van der Waals surface area contributed by atoms with Crippen LogP contribution in [0.4, 0.5) is 5.00 Å². The molecule has 4 rings (SSSR count). The summed E-state index contributed by atoms with van der Waals surface area (Å²) < 4.78 is 5.53. The summed E-state index contributed by atoms with van der Waals surface area (Å²) in [5.74, 6) is -0.183. The molecule has 2 aromatic rings. The fourth-order valence-electron chi connectivity index (χ4n) is 3.64. The molecular weight excluding hydrogens is 384 g/mol. The molecule has 0 bridgehead atoms. The second kappa shape index (κ2) is 8.20. The maximum absolute atomic E-state index is 13.1. The molecular formula is C19H22N2O4S2. The number of ketones is 1. The van der Waals surface area contributed by atoms with Crippen molar-refractivity contribution in [2.75, 3.05) is 31.6 Å². The van der Waals surface area contributed by atoms with Gasteiger partial charge in [0, 0.05) is 11.4 Å². The zero-order chi connectivity index (χ0) is 18.8. The lowest BCUT2D eigenvalue weighted by atomic mass is 10.0. The highest BCUT2D eigenvalue weighted by molar-refractivity contribution is 7.17. The Morgan fingerprint density at radius 2 is 2.30 bits per heavy atom. The maximum Gasteiger partial charge on any atom is 0.239 e. The van der Waals surface area contributed by atoms with Gasteiger partial charge in [-0.15, -0.1) is 22.7 Å². The van der Waals surface area contributed by atoms with Crippen LogP contribution in [-0.4, -0.2) is 54.0 Å². The van der Waals surface area contributed by atoms with E-state index in [0.29, 0.717) is 41.6 Å². The van der Waals surface area contributed by atoms with Crippen molar-refractivity contribution in [3.8, 4) is 0 Å². The third kappa shape index (κ3) is 4.14. The van der Waals surface area contributed by atoms with E-state index in [2.05, 4.69) is 5.32 Å². The topological polar surface area (TPSA) is 78.9 Å². The third-order valence-corrected chi connectivity index (χ3v) is 6.88. The van der Waals surface area contributed by atoms with E-state index in [0.717, 1.165) is 29.8 Å². The van der Waals surface area contributed by atoms with Crippen molar-refractivity contribution in [1.82, 2.24) is 4.90 Å². The van der Waals surface area contributed by atoms with E-state index in [4.69, 9.17) is 4.74 Å². The molecule has 0 radical (unpaired) electrons. The third-order valence-electron chi connectivity index (χ3n) is 4.89. The monoisotopic (exact) mass is 406 g/mol. The number of carbonyl (C=O) groups excluding carboxylic acids is 2. The number of β-amino-alcohol motifs (C(OH)–C–C–N with tert-alkyl or cyclic N) is 1. The molecule has 0 aromatic carbocycles. The van der Waals surface area contributed by atoms with E-state index >= 15 is 0 Å². The highest BCUT2D eigenvalue weighted by atomic mass is 32.1. The van der Waals surface area contributed by atoms with Gasteiger partial charge < -0.3 is 15.2 Å². The zero-order valence-electron chi connectivity index (χ0n) is 14.9. The smallest absolute Gasteiger partial charge is 0.239 e. The van der Waals surface area contributed by atoms with Crippen molar-refractivity contribution in [3.05, 3.63) is 38.4 Å². The molecule has 2 aromatic heterocycles. The molecule has 2 aliphatic heterocycles. The van der Waals surface area contributed by atoms with E-state index < -0.39 is 0 Å². The highest BCUT2D eigenvalue weighted by Crippen LogP contribution is 2.38. The van der Waals surface area contributed by atoms with Gasteiger partial charge in [-0.1, -0.05) is 6.07 Å². The number of nitrogens with one attached hydrogen (secondary N) is 1. The van der Waals surface area contributed by atoms with E-state index in [1.807, 2.05) is 22.4 Å². The summed E-state index contributed by atoms with van der Waals surface area (Å²) in [6.45, 7) is 2.62. The molecule has 144 valence electrons.